The highest BCUT2D eigenvalue weighted by Crippen LogP contribution is 2.38. The molecule has 0 aromatic heterocycles. The molecule has 16 heavy (non-hydrogen) atoms. The fourth-order valence-corrected chi connectivity index (χ4v) is 1.55. The van der Waals surface area contributed by atoms with Crippen molar-refractivity contribution in [2.45, 2.75) is 12.5 Å². The maximum absolute atomic E-state index is 13.4. The van der Waals surface area contributed by atoms with Crippen LogP contribution in [0.2, 0.25) is 0 Å². The summed E-state index contributed by atoms with van der Waals surface area (Å²) < 4.78 is 61.0. The quantitative estimate of drug-likeness (QED) is 0.698. The van der Waals surface area contributed by atoms with Crippen molar-refractivity contribution in [3.63, 3.8) is 0 Å². The van der Waals surface area contributed by atoms with Crippen LogP contribution in [0.1, 0.15) is 17.4 Å². The summed E-state index contributed by atoms with van der Waals surface area (Å²) >= 11 is 0. The van der Waals surface area contributed by atoms with Gasteiger partial charge in [-0.1, -0.05) is 6.07 Å². The van der Waals surface area contributed by atoms with E-state index in [0.29, 0.717) is 0 Å². The molecule has 0 N–H and O–H groups in total. The second-order valence-electron chi connectivity index (χ2n) is 3.27. The van der Waals surface area contributed by atoms with E-state index >= 15 is 0 Å². The van der Waals surface area contributed by atoms with Crippen LogP contribution >= 0.6 is 0 Å². The molecule has 1 fully saturated rings. The van der Waals surface area contributed by atoms with Gasteiger partial charge in [-0.15, -0.1) is 0 Å². The molecule has 0 bridgehead atoms. The zero-order valence-corrected chi connectivity index (χ0v) is 8.05. The third-order valence-electron chi connectivity index (χ3n) is 2.22. The molecule has 0 atom stereocenters. The molecular weight excluding hydrogens is 228 g/mol. The molecule has 1 aliphatic rings. The first-order valence-corrected chi connectivity index (χ1v) is 4.59. The number of ether oxygens (including phenoxy) is 2. The van der Waals surface area contributed by atoms with E-state index in [1.807, 2.05) is 0 Å². The van der Waals surface area contributed by atoms with Crippen molar-refractivity contribution in [1.82, 2.24) is 0 Å². The largest absolute Gasteiger partial charge is 0.416 e. The van der Waals surface area contributed by atoms with Crippen molar-refractivity contribution >= 4 is 0 Å². The minimum absolute atomic E-state index is 0.163. The highest BCUT2D eigenvalue weighted by atomic mass is 19.4. The van der Waals surface area contributed by atoms with Gasteiger partial charge in [-0.25, -0.2) is 4.39 Å². The van der Waals surface area contributed by atoms with E-state index < -0.39 is 29.4 Å². The van der Waals surface area contributed by atoms with Crippen LogP contribution in [-0.2, 0) is 15.7 Å². The lowest BCUT2D eigenvalue weighted by Crippen LogP contribution is -2.14. The van der Waals surface area contributed by atoms with Gasteiger partial charge < -0.3 is 9.47 Å². The Bertz CT molecular complexity index is 383. The Labute approximate surface area is 88.8 Å². The Morgan fingerprint density at radius 1 is 1.12 bits per heavy atom. The van der Waals surface area contributed by atoms with Gasteiger partial charge in [-0.3, -0.25) is 0 Å². The Morgan fingerprint density at radius 3 is 2.31 bits per heavy atom. The summed E-state index contributed by atoms with van der Waals surface area (Å²) in [6, 6.07) is 2.77. The average molecular weight is 236 g/mol. The molecule has 0 radical (unpaired) electrons. The van der Waals surface area contributed by atoms with Crippen LogP contribution in [0, 0.1) is 5.82 Å². The van der Waals surface area contributed by atoms with Crippen molar-refractivity contribution in [2.24, 2.45) is 0 Å². The van der Waals surface area contributed by atoms with Gasteiger partial charge in [0, 0.05) is 0 Å². The standard InChI is InChI=1S/C10H8F4O2/c11-7-3-1-2-6(10(12,13)14)8(7)9-15-4-5-16-9/h1-3,9H,4-5H2. The number of hydrogen-bond acceptors (Lipinski definition) is 2. The third kappa shape index (κ3) is 2.03. The summed E-state index contributed by atoms with van der Waals surface area (Å²) in [4.78, 5) is 0. The van der Waals surface area contributed by atoms with Gasteiger partial charge in [0.05, 0.1) is 24.3 Å². The second-order valence-corrected chi connectivity index (χ2v) is 3.27. The highest BCUT2D eigenvalue weighted by molar-refractivity contribution is 5.32. The normalized spacial score (nSPS) is 18.0. The smallest absolute Gasteiger partial charge is 0.346 e. The maximum Gasteiger partial charge on any atom is 0.416 e. The van der Waals surface area contributed by atoms with Crippen LogP contribution in [0.5, 0.6) is 0 Å². The van der Waals surface area contributed by atoms with Crippen LogP contribution < -0.4 is 0 Å². The molecule has 1 aliphatic heterocycles. The van der Waals surface area contributed by atoms with Crippen LogP contribution in [-0.4, -0.2) is 13.2 Å². The third-order valence-corrected chi connectivity index (χ3v) is 2.22. The van der Waals surface area contributed by atoms with Crippen LogP contribution in [0.4, 0.5) is 17.6 Å². The lowest BCUT2D eigenvalue weighted by atomic mass is 10.1. The molecule has 0 aliphatic carbocycles. The van der Waals surface area contributed by atoms with Crippen molar-refractivity contribution in [1.29, 1.82) is 0 Å². The molecule has 0 amide bonds. The Kier molecular flexibility index (Phi) is 2.86. The fraction of sp³-hybridized carbons (Fsp3) is 0.400. The second kappa shape index (κ2) is 4.03. The van der Waals surface area contributed by atoms with Crippen molar-refractivity contribution in [2.75, 3.05) is 13.2 Å². The SMILES string of the molecule is Fc1cccc(C(F)(F)F)c1C1OCCO1. The van der Waals surface area contributed by atoms with Gasteiger partial charge in [0.15, 0.2) is 6.29 Å². The topological polar surface area (TPSA) is 18.5 Å². The van der Waals surface area contributed by atoms with Gasteiger partial charge in [0.1, 0.15) is 5.82 Å². The predicted octanol–water partition coefficient (Wildman–Crippen LogP) is 2.89. The van der Waals surface area contributed by atoms with E-state index in [4.69, 9.17) is 9.47 Å². The first-order chi connectivity index (χ1) is 7.50. The van der Waals surface area contributed by atoms with E-state index in [0.717, 1.165) is 18.2 Å². The molecule has 1 aromatic carbocycles. The van der Waals surface area contributed by atoms with E-state index in [2.05, 4.69) is 0 Å². The minimum Gasteiger partial charge on any atom is -0.346 e. The Morgan fingerprint density at radius 2 is 1.75 bits per heavy atom. The first-order valence-electron chi connectivity index (χ1n) is 4.59. The van der Waals surface area contributed by atoms with E-state index in [-0.39, 0.29) is 13.2 Å². The van der Waals surface area contributed by atoms with Crippen LogP contribution in [0.25, 0.3) is 0 Å². The summed E-state index contributed by atoms with van der Waals surface area (Å²) in [7, 11) is 0. The predicted molar refractivity (Wildman–Crippen MR) is 46.0 cm³/mol. The van der Waals surface area contributed by atoms with Crippen LogP contribution in [0.15, 0.2) is 18.2 Å². The summed E-state index contributed by atoms with van der Waals surface area (Å²) in [5.41, 5.74) is -1.63. The molecule has 2 rings (SSSR count). The zero-order chi connectivity index (χ0) is 11.8. The number of rotatable bonds is 1. The zero-order valence-electron chi connectivity index (χ0n) is 8.05. The van der Waals surface area contributed by atoms with Gasteiger partial charge in [0.2, 0.25) is 0 Å². The molecule has 0 unspecified atom stereocenters. The number of halogens is 4. The summed E-state index contributed by atoms with van der Waals surface area (Å²) in [5, 5.41) is 0. The highest BCUT2D eigenvalue weighted by Gasteiger charge is 2.38. The molecule has 1 aromatic rings. The maximum atomic E-state index is 13.4. The monoisotopic (exact) mass is 236 g/mol. The molecular formula is C10H8F4O2. The van der Waals surface area contributed by atoms with Crippen molar-refractivity contribution in [3.05, 3.63) is 35.1 Å². The molecule has 6 heteroatoms. The van der Waals surface area contributed by atoms with Gasteiger partial charge >= 0.3 is 6.18 Å². The lowest BCUT2D eigenvalue weighted by Gasteiger charge is -2.17. The van der Waals surface area contributed by atoms with Crippen molar-refractivity contribution < 1.29 is 27.0 Å². The molecule has 1 saturated heterocycles. The van der Waals surface area contributed by atoms with Crippen LogP contribution in [0.3, 0.4) is 0 Å². The Hall–Kier alpha value is -1.14. The van der Waals surface area contributed by atoms with Gasteiger partial charge in [0.25, 0.3) is 0 Å². The summed E-state index contributed by atoms with van der Waals surface area (Å²) in [6.45, 7) is 0.326. The number of hydrogen-bond donors (Lipinski definition) is 0. The first kappa shape index (κ1) is 11.3. The Balaban J connectivity index is 2.48. The summed E-state index contributed by atoms with van der Waals surface area (Å²) in [6.07, 6.45) is -5.88. The number of benzene rings is 1. The fourth-order valence-electron chi connectivity index (χ4n) is 1.55. The lowest BCUT2D eigenvalue weighted by molar-refractivity contribution is -0.142. The summed E-state index contributed by atoms with van der Waals surface area (Å²) in [5.74, 6) is -0.971. The van der Waals surface area contributed by atoms with E-state index in [1.165, 1.54) is 0 Å². The van der Waals surface area contributed by atoms with E-state index in [9.17, 15) is 17.6 Å². The molecule has 88 valence electrons. The molecule has 1 heterocycles. The number of alkyl halides is 3. The van der Waals surface area contributed by atoms with Gasteiger partial charge in [-0.05, 0) is 12.1 Å². The molecule has 2 nitrogen and oxygen atoms in total. The minimum atomic E-state index is -4.62. The van der Waals surface area contributed by atoms with Crippen molar-refractivity contribution in [3.8, 4) is 0 Å². The average Bonchev–Trinajstić information content (AvgIpc) is 2.68. The van der Waals surface area contributed by atoms with Gasteiger partial charge in [-0.2, -0.15) is 13.2 Å². The van der Waals surface area contributed by atoms with E-state index in [1.54, 1.807) is 0 Å². The molecule has 0 saturated carbocycles. The molecule has 0 spiro atoms.